The predicted molar refractivity (Wildman–Crippen MR) is 127 cm³/mol. The second-order valence-corrected chi connectivity index (χ2v) is 8.42. The minimum absolute atomic E-state index is 0.0187. The molecule has 3 aromatic rings. The zero-order valence-corrected chi connectivity index (χ0v) is 19.1. The van der Waals surface area contributed by atoms with Gasteiger partial charge < -0.3 is 19.3 Å². The van der Waals surface area contributed by atoms with Gasteiger partial charge in [-0.1, -0.05) is 18.2 Å². The van der Waals surface area contributed by atoms with E-state index in [2.05, 4.69) is 28.4 Å². The molecular formula is C25H31N5O2. The lowest BCUT2D eigenvalue weighted by atomic mass is 10.1. The molecular weight excluding hydrogens is 402 g/mol. The number of anilines is 1. The lowest BCUT2D eigenvalue weighted by Gasteiger charge is -2.27. The van der Waals surface area contributed by atoms with E-state index in [1.165, 1.54) is 0 Å². The van der Waals surface area contributed by atoms with Crippen LogP contribution in [0.15, 0.2) is 48.8 Å². The summed E-state index contributed by atoms with van der Waals surface area (Å²) in [6.07, 6.45) is 2.70. The summed E-state index contributed by atoms with van der Waals surface area (Å²) < 4.78 is 2.07. The average molecular weight is 434 g/mol. The van der Waals surface area contributed by atoms with E-state index >= 15 is 0 Å². The molecule has 0 saturated carbocycles. The summed E-state index contributed by atoms with van der Waals surface area (Å²) in [5.41, 5.74) is 4.37. The van der Waals surface area contributed by atoms with Gasteiger partial charge in [-0.25, -0.2) is 4.98 Å². The molecule has 0 saturated heterocycles. The Hall–Kier alpha value is -3.19. The lowest BCUT2D eigenvalue weighted by Crippen LogP contribution is -2.37. The minimum Gasteiger partial charge on any atom is -0.333 e. The van der Waals surface area contributed by atoms with Crippen molar-refractivity contribution in [3.8, 4) is 0 Å². The standard InChI is InChI=1S/C25H31N5O2/c1-4-28-18-26-22-16-20(10-11-24(22)28)25(32)29-15-14-27(3)12-7-13-30(19(2)31)23-9-6-5-8-21(23)17-29/h5-6,8-11,16,18H,4,7,12-15,17H2,1-3H3. The largest absolute Gasteiger partial charge is 0.333 e. The van der Waals surface area contributed by atoms with E-state index in [-0.39, 0.29) is 11.8 Å². The third kappa shape index (κ3) is 4.53. The van der Waals surface area contributed by atoms with Crippen LogP contribution in [-0.4, -0.2) is 64.4 Å². The first-order chi connectivity index (χ1) is 15.5. The number of nitrogens with zero attached hydrogens (tertiary/aromatic N) is 5. The molecule has 0 aliphatic carbocycles. The van der Waals surface area contributed by atoms with Crippen molar-refractivity contribution in [3.05, 3.63) is 59.9 Å². The van der Waals surface area contributed by atoms with Crippen LogP contribution in [-0.2, 0) is 17.9 Å². The summed E-state index contributed by atoms with van der Waals surface area (Å²) in [5, 5.41) is 0. The van der Waals surface area contributed by atoms with Crippen molar-refractivity contribution >= 4 is 28.5 Å². The van der Waals surface area contributed by atoms with Crippen LogP contribution in [0.3, 0.4) is 0 Å². The van der Waals surface area contributed by atoms with E-state index in [1.54, 1.807) is 6.92 Å². The van der Waals surface area contributed by atoms with Crippen LogP contribution in [0, 0.1) is 0 Å². The molecule has 0 bridgehead atoms. The number of para-hydroxylation sites is 1. The maximum Gasteiger partial charge on any atom is 0.254 e. The Morgan fingerprint density at radius 2 is 1.84 bits per heavy atom. The first kappa shape index (κ1) is 22.0. The summed E-state index contributed by atoms with van der Waals surface area (Å²) >= 11 is 0. The number of imidazole rings is 1. The van der Waals surface area contributed by atoms with E-state index in [0.717, 1.165) is 48.3 Å². The van der Waals surface area contributed by atoms with Crippen molar-refractivity contribution in [3.63, 3.8) is 0 Å². The van der Waals surface area contributed by atoms with Crippen molar-refractivity contribution in [1.29, 1.82) is 0 Å². The summed E-state index contributed by atoms with van der Waals surface area (Å²) in [6, 6.07) is 13.7. The molecule has 7 heteroatoms. The second-order valence-electron chi connectivity index (χ2n) is 8.42. The quantitative estimate of drug-likeness (QED) is 0.622. The molecule has 2 heterocycles. The molecule has 1 aromatic heterocycles. The molecule has 168 valence electrons. The molecule has 0 atom stereocenters. The number of carbonyl (C=O) groups excluding carboxylic acids is 2. The first-order valence-corrected chi connectivity index (χ1v) is 11.3. The van der Waals surface area contributed by atoms with Gasteiger partial charge in [-0.15, -0.1) is 0 Å². The molecule has 2 amide bonds. The van der Waals surface area contributed by atoms with Crippen LogP contribution in [0.2, 0.25) is 0 Å². The Morgan fingerprint density at radius 1 is 1.03 bits per heavy atom. The van der Waals surface area contributed by atoms with Gasteiger partial charge in [0.2, 0.25) is 5.91 Å². The Balaban J connectivity index is 1.69. The number of carbonyl (C=O) groups is 2. The van der Waals surface area contributed by atoms with E-state index < -0.39 is 0 Å². The smallest absolute Gasteiger partial charge is 0.254 e. The number of amides is 2. The number of likely N-dealkylation sites (N-methyl/N-ethyl adjacent to an activating group) is 1. The number of rotatable bonds is 2. The van der Waals surface area contributed by atoms with E-state index in [1.807, 2.05) is 58.6 Å². The van der Waals surface area contributed by atoms with Crippen molar-refractivity contribution < 1.29 is 9.59 Å². The molecule has 0 unspecified atom stereocenters. The van der Waals surface area contributed by atoms with Gasteiger partial charge in [0, 0.05) is 50.9 Å². The van der Waals surface area contributed by atoms with E-state index in [0.29, 0.717) is 25.2 Å². The fraction of sp³-hybridized carbons (Fsp3) is 0.400. The molecule has 4 rings (SSSR count). The Morgan fingerprint density at radius 3 is 2.62 bits per heavy atom. The van der Waals surface area contributed by atoms with Gasteiger partial charge >= 0.3 is 0 Å². The third-order valence-electron chi connectivity index (χ3n) is 6.19. The van der Waals surface area contributed by atoms with Crippen molar-refractivity contribution in [2.45, 2.75) is 33.4 Å². The molecule has 32 heavy (non-hydrogen) atoms. The molecule has 0 radical (unpaired) electrons. The SMILES string of the molecule is CCn1cnc2cc(C(=O)N3CCN(C)CCCN(C(C)=O)c4ccccc4C3)ccc21. The Bertz CT molecular complexity index is 1120. The van der Waals surface area contributed by atoms with Crippen LogP contribution in [0.4, 0.5) is 5.69 Å². The minimum atomic E-state index is -0.0187. The summed E-state index contributed by atoms with van der Waals surface area (Å²) in [5.74, 6) is 0.00367. The number of aryl methyl sites for hydroxylation is 1. The molecule has 7 nitrogen and oxygen atoms in total. The summed E-state index contributed by atoms with van der Waals surface area (Å²) in [6.45, 7) is 7.90. The highest BCUT2D eigenvalue weighted by Gasteiger charge is 2.22. The van der Waals surface area contributed by atoms with Gasteiger partial charge in [0.25, 0.3) is 5.91 Å². The third-order valence-corrected chi connectivity index (χ3v) is 6.19. The van der Waals surface area contributed by atoms with Gasteiger partial charge in [-0.2, -0.15) is 0 Å². The van der Waals surface area contributed by atoms with Crippen molar-refractivity contribution in [2.75, 3.05) is 38.1 Å². The Kier molecular flexibility index (Phi) is 6.55. The van der Waals surface area contributed by atoms with Gasteiger partial charge in [0.1, 0.15) is 0 Å². The zero-order chi connectivity index (χ0) is 22.7. The highest BCUT2D eigenvalue weighted by atomic mass is 16.2. The molecule has 1 aliphatic rings. The maximum absolute atomic E-state index is 13.6. The predicted octanol–water partition coefficient (Wildman–Crippen LogP) is 3.39. The van der Waals surface area contributed by atoms with Crippen molar-refractivity contribution in [1.82, 2.24) is 19.4 Å². The summed E-state index contributed by atoms with van der Waals surface area (Å²) in [4.78, 5) is 36.4. The van der Waals surface area contributed by atoms with Gasteiger partial charge in [-0.05, 0) is 56.8 Å². The fourth-order valence-corrected chi connectivity index (χ4v) is 4.35. The number of benzene rings is 2. The normalized spacial score (nSPS) is 16.0. The van der Waals surface area contributed by atoms with E-state index in [9.17, 15) is 9.59 Å². The summed E-state index contributed by atoms with van der Waals surface area (Å²) in [7, 11) is 2.06. The van der Waals surface area contributed by atoms with Gasteiger partial charge in [-0.3, -0.25) is 9.59 Å². The number of aromatic nitrogens is 2. The lowest BCUT2D eigenvalue weighted by molar-refractivity contribution is -0.116. The highest BCUT2D eigenvalue weighted by Crippen LogP contribution is 2.25. The highest BCUT2D eigenvalue weighted by molar-refractivity contribution is 5.97. The molecule has 0 fully saturated rings. The van der Waals surface area contributed by atoms with E-state index in [4.69, 9.17) is 0 Å². The number of hydrogen-bond donors (Lipinski definition) is 0. The second kappa shape index (κ2) is 9.53. The fourth-order valence-electron chi connectivity index (χ4n) is 4.35. The molecule has 0 spiro atoms. The topological polar surface area (TPSA) is 61.7 Å². The van der Waals surface area contributed by atoms with Crippen LogP contribution in [0.25, 0.3) is 11.0 Å². The first-order valence-electron chi connectivity index (χ1n) is 11.3. The zero-order valence-electron chi connectivity index (χ0n) is 19.1. The van der Waals surface area contributed by atoms with Crippen LogP contribution < -0.4 is 4.90 Å². The Labute approximate surface area is 189 Å². The monoisotopic (exact) mass is 433 g/mol. The number of fused-ring (bicyclic) bond motifs is 2. The molecule has 1 aliphatic heterocycles. The number of hydrogen-bond acceptors (Lipinski definition) is 4. The molecule has 2 aromatic carbocycles. The van der Waals surface area contributed by atoms with Crippen molar-refractivity contribution in [2.24, 2.45) is 0 Å². The molecule has 0 N–H and O–H groups in total. The maximum atomic E-state index is 13.6. The van der Waals surface area contributed by atoms with Crippen LogP contribution >= 0.6 is 0 Å². The van der Waals surface area contributed by atoms with Crippen LogP contribution in [0.5, 0.6) is 0 Å². The van der Waals surface area contributed by atoms with Gasteiger partial charge in [0.05, 0.1) is 17.4 Å². The van der Waals surface area contributed by atoms with Crippen LogP contribution in [0.1, 0.15) is 36.2 Å². The average Bonchev–Trinajstić information content (AvgIpc) is 3.20. The van der Waals surface area contributed by atoms with Gasteiger partial charge in [0.15, 0.2) is 0 Å².